The van der Waals surface area contributed by atoms with Gasteiger partial charge in [0.15, 0.2) is 0 Å². The van der Waals surface area contributed by atoms with Crippen LogP contribution in [0.2, 0.25) is 0 Å². The van der Waals surface area contributed by atoms with Crippen LogP contribution in [0.25, 0.3) is 0 Å². The van der Waals surface area contributed by atoms with Crippen molar-refractivity contribution in [2.24, 2.45) is 11.8 Å². The average Bonchev–Trinajstić information content (AvgIpc) is 3.16. The molecule has 0 spiro atoms. The summed E-state index contributed by atoms with van der Waals surface area (Å²) in [5.74, 6) is 1.22. The predicted octanol–water partition coefficient (Wildman–Crippen LogP) is 1.48. The van der Waals surface area contributed by atoms with Crippen molar-refractivity contribution in [2.75, 3.05) is 6.54 Å². The second-order valence-corrected chi connectivity index (χ2v) is 8.37. The van der Waals surface area contributed by atoms with E-state index in [9.17, 15) is 8.42 Å². The van der Waals surface area contributed by atoms with Gasteiger partial charge in [-0.1, -0.05) is 13.8 Å². The molecule has 0 bridgehead atoms. The molecule has 18 heavy (non-hydrogen) atoms. The minimum absolute atomic E-state index is 0.219. The maximum atomic E-state index is 12.3. The summed E-state index contributed by atoms with van der Waals surface area (Å²) >= 11 is 0. The lowest BCUT2D eigenvalue weighted by Crippen LogP contribution is -2.46. The van der Waals surface area contributed by atoms with Crippen LogP contribution in [-0.2, 0) is 10.0 Å². The molecule has 0 aliphatic heterocycles. The number of hydrogen-bond donors (Lipinski definition) is 2. The zero-order chi connectivity index (χ0) is 13.3. The lowest BCUT2D eigenvalue weighted by molar-refractivity contribution is 0.463. The Balaban J connectivity index is 1.88. The zero-order valence-electron chi connectivity index (χ0n) is 11.6. The Bertz CT molecular complexity index is 360. The zero-order valence-corrected chi connectivity index (χ0v) is 12.5. The highest BCUT2D eigenvalue weighted by molar-refractivity contribution is 7.90. The largest absolute Gasteiger partial charge is 0.313 e. The summed E-state index contributed by atoms with van der Waals surface area (Å²) in [4.78, 5) is 0. The monoisotopic (exact) mass is 274 g/mol. The van der Waals surface area contributed by atoms with Crippen molar-refractivity contribution in [1.29, 1.82) is 0 Å². The number of sulfonamides is 1. The molecular formula is C13H26N2O2S. The lowest BCUT2D eigenvalue weighted by Gasteiger charge is -2.22. The third kappa shape index (κ3) is 3.93. The molecule has 0 aromatic rings. The molecular weight excluding hydrogens is 248 g/mol. The lowest BCUT2D eigenvalue weighted by atomic mass is 10.1. The Labute approximate surface area is 111 Å². The Morgan fingerprint density at radius 3 is 1.94 bits per heavy atom. The van der Waals surface area contributed by atoms with Crippen LogP contribution in [0.4, 0.5) is 0 Å². The Kier molecular flexibility index (Phi) is 4.34. The van der Waals surface area contributed by atoms with Crippen LogP contribution >= 0.6 is 0 Å². The standard InChI is InChI=1S/C13H26N2O2S/c1-9(2)14-8-10(3)18(16,17)15-13(11-4-5-11)12-6-7-12/h9-15H,4-8H2,1-3H3. The van der Waals surface area contributed by atoms with Gasteiger partial charge in [-0.3, -0.25) is 0 Å². The van der Waals surface area contributed by atoms with E-state index in [4.69, 9.17) is 0 Å². The second kappa shape index (κ2) is 5.47. The molecule has 2 saturated carbocycles. The number of nitrogens with one attached hydrogen (secondary N) is 2. The Morgan fingerprint density at radius 2 is 1.56 bits per heavy atom. The predicted molar refractivity (Wildman–Crippen MR) is 73.9 cm³/mol. The van der Waals surface area contributed by atoms with Gasteiger partial charge < -0.3 is 5.32 Å². The molecule has 2 N–H and O–H groups in total. The minimum atomic E-state index is -3.18. The summed E-state index contributed by atoms with van der Waals surface area (Å²) in [5, 5.41) is 2.83. The van der Waals surface area contributed by atoms with Crippen LogP contribution in [0, 0.1) is 11.8 Å². The summed E-state index contributed by atoms with van der Waals surface area (Å²) in [6.45, 7) is 6.37. The Morgan fingerprint density at radius 1 is 1.06 bits per heavy atom. The van der Waals surface area contributed by atoms with E-state index in [-0.39, 0.29) is 11.3 Å². The first-order valence-electron chi connectivity index (χ1n) is 7.14. The molecule has 2 rings (SSSR count). The molecule has 1 unspecified atom stereocenters. The van der Waals surface area contributed by atoms with E-state index < -0.39 is 10.0 Å². The van der Waals surface area contributed by atoms with E-state index in [1.54, 1.807) is 6.92 Å². The highest BCUT2D eigenvalue weighted by Crippen LogP contribution is 2.44. The average molecular weight is 274 g/mol. The summed E-state index contributed by atoms with van der Waals surface area (Å²) in [6, 6.07) is 0.543. The van der Waals surface area contributed by atoms with E-state index in [0.717, 1.165) is 0 Å². The van der Waals surface area contributed by atoms with Crippen LogP contribution in [0.3, 0.4) is 0 Å². The van der Waals surface area contributed by atoms with E-state index in [2.05, 4.69) is 10.0 Å². The number of hydrogen-bond acceptors (Lipinski definition) is 3. The van der Waals surface area contributed by atoms with Crippen molar-refractivity contribution < 1.29 is 8.42 Å². The molecule has 1 atom stereocenters. The van der Waals surface area contributed by atoms with Crippen LogP contribution in [0.1, 0.15) is 46.5 Å². The third-order valence-corrected chi connectivity index (χ3v) is 5.73. The Hall–Kier alpha value is -0.130. The normalized spacial score (nSPS) is 22.7. The molecule has 2 fully saturated rings. The van der Waals surface area contributed by atoms with Crippen LogP contribution in [-0.4, -0.2) is 32.3 Å². The van der Waals surface area contributed by atoms with Gasteiger partial charge in [0.05, 0.1) is 5.25 Å². The molecule has 0 saturated heterocycles. The van der Waals surface area contributed by atoms with Crippen molar-refractivity contribution in [3.05, 3.63) is 0 Å². The third-order valence-electron chi connectivity index (χ3n) is 3.90. The molecule has 0 aromatic heterocycles. The van der Waals surface area contributed by atoms with Gasteiger partial charge in [0.1, 0.15) is 0 Å². The van der Waals surface area contributed by atoms with Crippen molar-refractivity contribution >= 4 is 10.0 Å². The minimum Gasteiger partial charge on any atom is -0.313 e. The molecule has 106 valence electrons. The summed E-state index contributed by atoms with van der Waals surface area (Å²) in [6.07, 6.45) is 4.79. The van der Waals surface area contributed by atoms with E-state index in [1.807, 2.05) is 13.8 Å². The van der Waals surface area contributed by atoms with E-state index in [0.29, 0.717) is 24.4 Å². The second-order valence-electron chi connectivity index (χ2n) is 6.24. The fourth-order valence-electron chi connectivity index (χ4n) is 2.31. The summed E-state index contributed by atoms with van der Waals surface area (Å²) < 4.78 is 27.5. The molecule has 4 nitrogen and oxygen atoms in total. The maximum absolute atomic E-state index is 12.3. The van der Waals surface area contributed by atoms with Crippen LogP contribution < -0.4 is 10.0 Å². The summed E-state index contributed by atoms with van der Waals surface area (Å²) in [7, 11) is -3.18. The first-order chi connectivity index (χ1) is 8.40. The van der Waals surface area contributed by atoms with Gasteiger partial charge in [-0.25, -0.2) is 13.1 Å². The van der Waals surface area contributed by atoms with Crippen molar-refractivity contribution in [3.63, 3.8) is 0 Å². The maximum Gasteiger partial charge on any atom is 0.215 e. The molecule has 2 aliphatic rings. The molecule has 2 aliphatic carbocycles. The van der Waals surface area contributed by atoms with Crippen molar-refractivity contribution in [2.45, 2.75) is 63.8 Å². The van der Waals surface area contributed by atoms with Gasteiger partial charge in [0.25, 0.3) is 0 Å². The van der Waals surface area contributed by atoms with Gasteiger partial charge in [0.2, 0.25) is 10.0 Å². The van der Waals surface area contributed by atoms with Crippen molar-refractivity contribution in [3.8, 4) is 0 Å². The van der Waals surface area contributed by atoms with Gasteiger partial charge >= 0.3 is 0 Å². The quantitative estimate of drug-likeness (QED) is 0.705. The SMILES string of the molecule is CC(C)NCC(C)S(=O)(=O)NC(C1CC1)C1CC1. The van der Waals surface area contributed by atoms with Crippen molar-refractivity contribution in [1.82, 2.24) is 10.0 Å². The van der Waals surface area contributed by atoms with Gasteiger partial charge in [-0.15, -0.1) is 0 Å². The molecule has 0 radical (unpaired) electrons. The van der Waals surface area contributed by atoms with Gasteiger partial charge in [-0.2, -0.15) is 0 Å². The molecule has 0 aromatic carbocycles. The highest BCUT2D eigenvalue weighted by Gasteiger charge is 2.43. The molecule has 0 heterocycles. The molecule has 5 heteroatoms. The van der Waals surface area contributed by atoms with Crippen LogP contribution in [0.15, 0.2) is 0 Å². The highest BCUT2D eigenvalue weighted by atomic mass is 32.2. The molecule has 0 amide bonds. The van der Waals surface area contributed by atoms with E-state index >= 15 is 0 Å². The van der Waals surface area contributed by atoms with Gasteiger partial charge in [0, 0.05) is 18.6 Å². The summed E-state index contributed by atoms with van der Waals surface area (Å²) in [5.41, 5.74) is 0. The van der Waals surface area contributed by atoms with Gasteiger partial charge in [-0.05, 0) is 44.4 Å². The van der Waals surface area contributed by atoms with E-state index in [1.165, 1.54) is 25.7 Å². The first kappa shape index (κ1) is 14.3. The fraction of sp³-hybridized carbons (Fsp3) is 1.00. The van der Waals surface area contributed by atoms with Crippen LogP contribution in [0.5, 0.6) is 0 Å². The fourth-order valence-corrected chi connectivity index (χ4v) is 3.62. The smallest absolute Gasteiger partial charge is 0.215 e. The topological polar surface area (TPSA) is 58.2 Å². The number of rotatable bonds is 8. The first-order valence-corrected chi connectivity index (χ1v) is 8.69.